The van der Waals surface area contributed by atoms with Crippen molar-refractivity contribution in [2.75, 3.05) is 38.2 Å². The van der Waals surface area contributed by atoms with Crippen molar-refractivity contribution in [1.29, 1.82) is 0 Å². The molecule has 1 amide bonds. The topological polar surface area (TPSA) is 85.8 Å². The van der Waals surface area contributed by atoms with Crippen molar-refractivity contribution < 1.29 is 19.0 Å². The lowest BCUT2D eigenvalue weighted by molar-refractivity contribution is -0.181. The second-order valence-electron chi connectivity index (χ2n) is 6.75. The SMILES string of the molecule is CCOc1ccc(Nc2nccc(C(=O)N3CCC4(CC3)OCCO4)n2)cc1. The first-order valence-electron chi connectivity index (χ1n) is 9.58. The standard InChI is InChI=1S/C20H24N4O4/c1-2-26-16-5-3-15(4-6-16)22-19-21-10-7-17(23-19)18(25)24-11-8-20(9-12-24)27-13-14-28-20/h3-7,10H,2,8-9,11-14H2,1H3,(H,21,22,23). The van der Waals surface area contributed by atoms with Crippen LogP contribution in [0.1, 0.15) is 30.3 Å². The van der Waals surface area contributed by atoms with E-state index in [1.54, 1.807) is 17.2 Å². The van der Waals surface area contributed by atoms with Gasteiger partial charge in [0, 0.05) is 37.8 Å². The summed E-state index contributed by atoms with van der Waals surface area (Å²) in [5.74, 6) is 0.579. The fourth-order valence-corrected chi connectivity index (χ4v) is 3.47. The zero-order chi connectivity index (χ0) is 19.4. The first-order valence-corrected chi connectivity index (χ1v) is 9.58. The Hall–Kier alpha value is -2.71. The summed E-state index contributed by atoms with van der Waals surface area (Å²) in [6.07, 6.45) is 2.95. The van der Waals surface area contributed by atoms with Crippen LogP contribution in [0.25, 0.3) is 0 Å². The van der Waals surface area contributed by atoms with Gasteiger partial charge in [-0.2, -0.15) is 0 Å². The lowest BCUT2D eigenvalue weighted by atomic mass is 10.0. The van der Waals surface area contributed by atoms with Gasteiger partial charge in [0.15, 0.2) is 5.79 Å². The van der Waals surface area contributed by atoms with Gasteiger partial charge in [0.2, 0.25) is 5.95 Å². The molecule has 2 saturated heterocycles. The third kappa shape index (κ3) is 4.07. The van der Waals surface area contributed by atoms with E-state index in [2.05, 4.69) is 15.3 Å². The highest BCUT2D eigenvalue weighted by molar-refractivity contribution is 5.92. The van der Waals surface area contributed by atoms with E-state index in [1.807, 2.05) is 31.2 Å². The molecule has 3 heterocycles. The Morgan fingerprint density at radius 3 is 2.57 bits per heavy atom. The molecular formula is C20H24N4O4. The lowest BCUT2D eigenvalue weighted by Crippen LogP contribution is -2.47. The number of ether oxygens (including phenoxy) is 3. The van der Waals surface area contributed by atoms with Gasteiger partial charge in [0.1, 0.15) is 11.4 Å². The number of benzene rings is 1. The number of aromatic nitrogens is 2. The van der Waals surface area contributed by atoms with Gasteiger partial charge in [-0.1, -0.05) is 0 Å². The maximum absolute atomic E-state index is 12.8. The molecule has 0 atom stereocenters. The van der Waals surface area contributed by atoms with Crippen LogP contribution in [0.5, 0.6) is 5.75 Å². The lowest BCUT2D eigenvalue weighted by Gasteiger charge is -2.37. The van der Waals surface area contributed by atoms with E-state index in [0.717, 1.165) is 11.4 Å². The summed E-state index contributed by atoms with van der Waals surface area (Å²) in [4.78, 5) is 23.2. The summed E-state index contributed by atoms with van der Waals surface area (Å²) < 4.78 is 16.9. The molecule has 0 saturated carbocycles. The molecular weight excluding hydrogens is 360 g/mol. The summed E-state index contributed by atoms with van der Waals surface area (Å²) in [7, 11) is 0. The van der Waals surface area contributed by atoms with E-state index in [9.17, 15) is 4.79 Å². The van der Waals surface area contributed by atoms with Gasteiger partial charge in [0.25, 0.3) is 5.91 Å². The van der Waals surface area contributed by atoms with Crippen LogP contribution >= 0.6 is 0 Å². The molecule has 2 aliphatic rings. The monoisotopic (exact) mass is 384 g/mol. The number of anilines is 2. The number of hydrogen-bond donors (Lipinski definition) is 1. The van der Waals surface area contributed by atoms with Gasteiger partial charge in [-0.25, -0.2) is 9.97 Å². The fourth-order valence-electron chi connectivity index (χ4n) is 3.47. The number of hydrogen-bond acceptors (Lipinski definition) is 7. The Labute approximate surface area is 163 Å². The predicted molar refractivity (Wildman–Crippen MR) is 103 cm³/mol. The van der Waals surface area contributed by atoms with E-state index in [-0.39, 0.29) is 5.91 Å². The second-order valence-corrected chi connectivity index (χ2v) is 6.75. The molecule has 1 N–H and O–H groups in total. The maximum Gasteiger partial charge on any atom is 0.272 e. The van der Waals surface area contributed by atoms with Crippen molar-refractivity contribution in [1.82, 2.24) is 14.9 Å². The molecule has 0 aliphatic carbocycles. The highest BCUT2D eigenvalue weighted by Gasteiger charge is 2.41. The molecule has 0 bridgehead atoms. The molecule has 2 fully saturated rings. The van der Waals surface area contributed by atoms with Crippen molar-refractivity contribution in [3.8, 4) is 5.75 Å². The van der Waals surface area contributed by atoms with Crippen molar-refractivity contribution >= 4 is 17.5 Å². The first-order chi connectivity index (χ1) is 13.7. The van der Waals surface area contributed by atoms with Crippen LogP contribution in [0.3, 0.4) is 0 Å². The Balaban J connectivity index is 1.39. The third-order valence-corrected chi connectivity index (χ3v) is 4.92. The van der Waals surface area contributed by atoms with Gasteiger partial charge in [0.05, 0.1) is 19.8 Å². The highest BCUT2D eigenvalue weighted by Crippen LogP contribution is 2.31. The summed E-state index contributed by atoms with van der Waals surface area (Å²) in [6.45, 7) is 4.99. The molecule has 1 aromatic carbocycles. The zero-order valence-electron chi connectivity index (χ0n) is 15.9. The molecule has 1 spiro atoms. The largest absolute Gasteiger partial charge is 0.494 e. The normalized spacial score (nSPS) is 18.2. The summed E-state index contributed by atoms with van der Waals surface area (Å²) in [5, 5.41) is 3.12. The second kappa shape index (κ2) is 8.12. The first kappa shape index (κ1) is 18.6. The number of nitrogens with one attached hydrogen (secondary N) is 1. The minimum atomic E-state index is -0.497. The Morgan fingerprint density at radius 2 is 1.89 bits per heavy atom. The van der Waals surface area contributed by atoms with Crippen molar-refractivity contribution in [2.24, 2.45) is 0 Å². The van der Waals surface area contributed by atoms with Gasteiger partial charge in [-0.05, 0) is 37.3 Å². The minimum absolute atomic E-state index is 0.106. The average Bonchev–Trinajstić information content (AvgIpc) is 3.18. The van der Waals surface area contributed by atoms with Crippen LogP contribution < -0.4 is 10.1 Å². The molecule has 2 aromatic rings. The molecule has 8 heteroatoms. The fraction of sp³-hybridized carbons (Fsp3) is 0.450. The summed E-state index contributed by atoms with van der Waals surface area (Å²) in [5.41, 5.74) is 1.19. The molecule has 1 aromatic heterocycles. The molecule has 2 aliphatic heterocycles. The van der Waals surface area contributed by atoms with Crippen LogP contribution in [0.2, 0.25) is 0 Å². The maximum atomic E-state index is 12.8. The van der Waals surface area contributed by atoms with E-state index >= 15 is 0 Å². The van der Waals surface area contributed by atoms with E-state index in [1.165, 1.54) is 0 Å². The van der Waals surface area contributed by atoms with Crippen LogP contribution in [-0.4, -0.2) is 59.5 Å². The van der Waals surface area contributed by atoms with Crippen LogP contribution in [0.15, 0.2) is 36.5 Å². The van der Waals surface area contributed by atoms with Crippen molar-refractivity contribution in [3.05, 3.63) is 42.2 Å². The smallest absolute Gasteiger partial charge is 0.272 e. The third-order valence-electron chi connectivity index (χ3n) is 4.92. The highest BCUT2D eigenvalue weighted by atomic mass is 16.7. The number of carbonyl (C=O) groups excluding carboxylic acids is 1. The Bertz CT molecular complexity index is 811. The van der Waals surface area contributed by atoms with Gasteiger partial charge < -0.3 is 24.4 Å². The number of carbonyl (C=O) groups is 1. The van der Waals surface area contributed by atoms with Gasteiger partial charge >= 0.3 is 0 Å². The predicted octanol–water partition coefficient (Wildman–Crippen LogP) is 2.60. The number of rotatable bonds is 5. The summed E-state index contributed by atoms with van der Waals surface area (Å²) in [6, 6.07) is 9.15. The number of likely N-dealkylation sites (tertiary alicyclic amines) is 1. The van der Waals surface area contributed by atoms with Crippen LogP contribution in [-0.2, 0) is 9.47 Å². The van der Waals surface area contributed by atoms with Crippen LogP contribution in [0, 0.1) is 0 Å². The average molecular weight is 384 g/mol. The van der Waals surface area contributed by atoms with Crippen molar-refractivity contribution in [3.63, 3.8) is 0 Å². The molecule has 28 heavy (non-hydrogen) atoms. The molecule has 0 radical (unpaired) electrons. The number of piperidine rings is 1. The Morgan fingerprint density at radius 1 is 1.18 bits per heavy atom. The van der Waals surface area contributed by atoms with Gasteiger partial charge in [-0.3, -0.25) is 4.79 Å². The quantitative estimate of drug-likeness (QED) is 0.848. The van der Waals surface area contributed by atoms with E-state index < -0.39 is 5.79 Å². The molecule has 8 nitrogen and oxygen atoms in total. The Kier molecular flexibility index (Phi) is 5.40. The summed E-state index contributed by atoms with van der Waals surface area (Å²) >= 11 is 0. The van der Waals surface area contributed by atoms with Crippen molar-refractivity contribution in [2.45, 2.75) is 25.6 Å². The molecule has 4 rings (SSSR count). The van der Waals surface area contributed by atoms with E-state index in [4.69, 9.17) is 14.2 Å². The molecule has 148 valence electrons. The van der Waals surface area contributed by atoms with Crippen LogP contribution in [0.4, 0.5) is 11.6 Å². The molecule has 0 unspecified atom stereocenters. The van der Waals surface area contributed by atoms with E-state index in [0.29, 0.717) is 57.4 Å². The number of nitrogens with zero attached hydrogens (tertiary/aromatic N) is 3. The number of amides is 1. The van der Waals surface area contributed by atoms with Gasteiger partial charge in [-0.15, -0.1) is 0 Å². The minimum Gasteiger partial charge on any atom is -0.494 e. The zero-order valence-corrected chi connectivity index (χ0v) is 15.9.